The molecule has 1 fully saturated rings. The van der Waals surface area contributed by atoms with Crippen molar-refractivity contribution in [3.05, 3.63) is 5.56 Å². The summed E-state index contributed by atoms with van der Waals surface area (Å²) in [5.41, 5.74) is 6.06. The Hall–Kier alpha value is -1.32. The van der Waals surface area contributed by atoms with Gasteiger partial charge in [0, 0.05) is 12.6 Å². The van der Waals surface area contributed by atoms with Crippen LogP contribution in [0.3, 0.4) is 0 Å². The highest BCUT2D eigenvalue weighted by atomic mass is 32.1. The molecule has 5 nitrogen and oxygen atoms in total. The first kappa shape index (κ1) is 11.2. The molecule has 16 heavy (non-hydrogen) atoms. The van der Waals surface area contributed by atoms with Gasteiger partial charge in [0.1, 0.15) is 16.6 Å². The lowest BCUT2D eigenvalue weighted by molar-refractivity contribution is 0.0233. The van der Waals surface area contributed by atoms with Gasteiger partial charge in [-0.25, -0.2) is 0 Å². The summed E-state index contributed by atoms with van der Waals surface area (Å²) in [7, 11) is 0. The van der Waals surface area contributed by atoms with Crippen LogP contribution in [0.15, 0.2) is 0 Å². The molecule has 1 aliphatic rings. The standard InChI is InChI=1S/C10H14N4OS/c1-6-4-7(2-3-15-6)13-10-8(5-11)9(12)14-16-10/h6-7,13H,2-4H2,1H3,(H2,12,14). The number of anilines is 2. The van der Waals surface area contributed by atoms with Crippen molar-refractivity contribution < 1.29 is 4.74 Å². The first-order valence-electron chi connectivity index (χ1n) is 5.24. The summed E-state index contributed by atoms with van der Waals surface area (Å²) < 4.78 is 9.44. The Balaban J connectivity index is 2.06. The summed E-state index contributed by atoms with van der Waals surface area (Å²) in [6.07, 6.45) is 2.16. The summed E-state index contributed by atoms with van der Waals surface area (Å²) >= 11 is 1.25. The molecule has 0 aliphatic carbocycles. The number of hydrogen-bond donors (Lipinski definition) is 2. The summed E-state index contributed by atoms with van der Waals surface area (Å²) in [5.74, 6) is 0.315. The van der Waals surface area contributed by atoms with Crippen LogP contribution in [0.1, 0.15) is 25.3 Å². The van der Waals surface area contributed by atoms with Gasteiger partial charge < -0.3 is 15.8 Å². The minimum atomic E-state index is 0.266. The van der Waals surface area contributed by atoms with Gasteiger partial charge in [-0.15, -0.1) is 0 Å². The van der Waals surface area contributed by atoms with Crippen molar-refractivity contribution in [2.75, 3.05) is 17.7 Å². The molecule has 2 heterocycles. The summed E-state index contributed by atoms with van der Waals surface area (Å²) in [4.78, 5) is 0. The normalized spacial score (nSPS) is 25.0. The quantitative estimate of drug-likeness (QED) is 0.817. The average molecular weight is 238 g/mol. The molecule has 86 valence electrons. The Bertz CT molecular complexity index is 411. The van der Waals surface area contributed by atoms with E-state index in [2.05, 4.69) is 22.7 Å². The Labute approximate surface area is 98.4 Å². The summed E-state index contributed by atoms with van der Waals surface area (Å²) in [6.45, 7) is 2.81. The average Bonchev–Trinajstić information content (AvgIpc) is 2.59. The second kappa shape index (κ2) is 4.68. The lowest BCUT2D eigenvalue weighted by Gasteiger charge is -2.28. The molecular formula is C10H14N4OS. The molecule has 1 aromatic rings. The molecule has 0 bridgehead atoms. The van der Waals surface area contributed by atoms with Gasteiger partial charge in [-0.2, -0.15) is 9.64 Å². The molecule has 3 N–H and O–H groups in total. The number of hydrogen-bond acceptors (Lipinski definition) is 6. The molecular weight excluding hydrogens is 224 g/mol. The van der Waals surface area contributed by atoms with E-state index in [9.17, 15) is 0 Å². The van der Waals surface area contributed by atoms with Crippen LogP contribution in [-0.2, 0) is 4.74 Å². The zero-order valence-electron chi connectivity index (χ0n) is 9.06. The molecule has 0 spiro atoms. The van der Waals surface area contributed by atoms with Crippen molar-refractivity contribution in [3.8, 4) is 6.07 Å². The maximum atomic E-state index is 8.94. The highest BCUT2D eigenvalue weighted by Crippen LogP contribution is 2.28. The second-order valence-corrected chi connectivity index (χ2v) is 4.70. The van der Waals surface area contributed by atoms with E-state index in [4.69, 9.17) is 15.7 Å². The summed E-state index contributed by atoms with van der Waals surface area (Å²) in [5, 5.41) is 13.0. The first-order chi connectivity index (χ1) is 7.70. The molecule has 0 saturated carbocycles. The van der Waals surface area contributed by atoms with Gasteiger partial charge in [0.05, 0.1) is 6.10 Å². The first-order valence-corrected chi connectivity index (χ1v) is 6.01. The Morgan fingerprint density at radius 2 is 2.50 bits per heavy atom. The third-order valence-electron chi connectivity index (χ3n) is 2.65. The molecule has 2 unspecified atom stereocenters. The number of rotatable bonds is 2. The van der Waals surface area contributed by atoms with Crippen molar-refractivity contribution in [1.29, 1.82) is 5.26 Å². The third kappa shape index (κ3) is 2.26. The minimum Gasteiger partial charge on any atom is -0.382 e. The van der Waals surface area contributed by atoms with Gasteiger partial charge >= 0.3 is 0 Å². The zero-order chi connectivity index (χ0) is 11.5. The smallest absolute Gasteiger partial charge is 0.157 e. The van der Waals surface area contributed by atoms with E-state index >= 15 is 0 Å². The molecule has 0 aromatic carbocycles. The van der Waals surface area contributed by atoms with Crippen LogP contribution in [0, 0.1) is 11.3 Å². The van der Waals surface area contributed by atoms with Crippen molar-refractivity contribution in [1.82, 2.24) is 4.37 Å². The van der Waals surface area contributed by atoms with Crippen molar-refractivity contribution in [3.63, 3.8) is 0 Å². The van der Waals surface area contributed by atoms with Crippen LogP contribution in [-0.4, -0.2) is 23.1 Å². The van der Waals surface area contributed by atoms with Crippen LogP contribution >= 0.6 is 11.5 Å². The van der Waals surface area contributed by atoms with Crippen LogP contribution in [0.5, 0.6) is 0 Å². The van der Waals surface area contributed by atoms with E-state index in [0.29, 0.717) is 17.4 Å². The van der Waals surface area contributed by atoms with E-state index in [1.165, 1.54) is 11.5 Å². The zero-order valence-corrected chi connectivity index (χ0v) is 9.88. The number of aromatic nitrogens is 1. The van der Waals surface area contributed by atoms with E-state index in [0.717, 1.165) is 24.4 Å². The maximum Gasteiger partial charge on any atom is 0.157 e. The molecule has 6 heteroatoms. The minimum absolute atomic E-state index is 0.266. The van der Waals surface area contributed by atoms with Crippen LogP contribution in [0.2, 0.25) is 0 Å². The van der Waals surface area contributed by atoms with Crippen molar-refractivity contribution in [2.45, 2.75) is 31.9 Å². The monoisotopic (exact) mass is 238 g/mol. The predicted octanol–water partition coefficient (Wildman–Crippen LogP) is 1.58. The predicted molar refractivity (Wildman–Crippen MR) is 63.3 cm³/mol. The van der Waals surface area contributed by atoms with Crippen LogP contribution in [0.4, 0.5) is 10.8 Å². The number of nitrogens with one attached hydrogen (secondary N) is 1. The van der Waals surface area contributed by atoms with Crippen LogP contribution in [0.25, 0.3) is 0 Å². The number of nitrogens with two attached hydrogens (primary N) is 1. The molecule has 1 aromatic heterocycles. The third-order valence-corrected chi connectivity index (χ3v) is 3.44. The SMILES string of the molecule is CC1CC(Nc2snc(N)c2C#N)CCO1. The Morgan fingerprint density at radius 1 is 1.69 bits per heavy atom. The molecule has 2 rings (SSSR count). The van der Waals surface area contributed by atoms with Crippen molar-refractivity contribution >= 4 is 22.4 Å². The number of ether oxygens (including phenoxy) is 1. The molecule has 0 amide bonds. The number of nitrogen functional groups attached to an aromatic ring is 1. The lowest BCUT2D eigenvalue weighted by Crippen LogP contribution is -2.32. The molecule has 1 saturated heterocycles. The number of nitriles is 1. The molecule has 2 atom stereocenters. The van der Waals surface area contributed by atoms with E-state index in [-0.39, 0.29) is 6.10 Å². The van der Waals surface area contributed by atoms with E-state index in [1.807, 2.05) is 0 Å². The second-order valence-electron chi connectivity index (χ2n) is 3.93. The highest BCUT2D eigenvalue weighted by Gasteiger charge is 2.21. The fraction of sp³-hybridized carbons (Fsp3) is 0.600. The highest BCUT2D eigenvalue weighted by molar-refractivity contribution is 7.10. The summed E-state index contributed by atoms with van der Waals surface area (Å²) in [6, 6.07) is 2.42. The van der Waals surface area contributed by atoms with E-state index in [1.54, 1.807) is 0 Å². The fourth-order valence-electron chi connectivity index (χ4n) is 1.82. The van der Waals surface area contributed by atoms with Gasteiger partial charge in [-0.05, 0) is 31.3 Å². The lowest BCUT2D eigenvalue weighted by atomic mass is 10.0. The van der Waals surface area contributed by atoms with E-state index < -0.39 is 0 Å². The number of nitrogens with zero attached hydrogens (tertiary/aromatic N) is 2. The Morgan fingerprint density at radius 3 is 3.19 bits per heavy atom. The molecule has 1 aliphatic heterocycles. The van der Waals surface area contributed by atoms with Gasteiger partial charge in [0.2, 0.25) is 0 Å². The van der Waals surface area contributed by atoms with Crippen molar-refractivity contribution in [2.24, 2.45) is 0 Å². The van der Waals surface area contributed by atoms with Gasteiger partial charge in [-0.1, -0.05) is 0 Å². The maximum absolute atomic E-state index is 8.94. The molecule has 0 radical (unpaired) electrons. The Kier molecular flexibility index (Phi) is 3.27. The van der Waals surface area contributed by atoms with Gasteiger partial charge in [0.25, 0.3) is 0 Å². The largest absolute Gasteiger partial charge is 0.382 e. The van der Waals surface area contributed by atoms with Gasteiger partial charge in [-0.3, -0.25) is 0 Å². The van der Waals surface area contributed by atoms with Crippen LogP contribution < -0.4 is 11.1 Å². The fourth-order valence-corrected chi connectivity index (χ4v) is 2.57. The van der Waals surface area contributed by atoms with Gasteiger partial charge in [0.15, 0.2) is 5.82 Å². The topological polar surface area (TPSA) is 84.0 Å².